The number of carboxylic acid groups (broad SMARTS) is 1. The van der Waals surface area contributed by atoms with E-state index in [0.717, 1.165) is 19.3 Å². The first-order valence-corrected chi connectivity index (χ1v) is 6.86. The summed E-state index contributed by atoms with van der Waals surface area (Å²) in [7, 11) is 0. The maximum absolute atomic E-state index is 11.8. The van der Waals surface area contributed by atoms with Crippen LogP contribution in [0.1, 0.15) is 47.0 Å². The Bertz CT molecular complexity index is 393. The predicted molar refractivity (Wildman–Crippen MR) is 69.7 cm³/mol. The van der Waals surface area contributed by atoms with E-state index in [1.54, 1.807) is 6.92 Å². The number of rotatable bonds is 3. The van der Waals surface area contributed by atoms with E-state index in [-0.39, 0.29) is 17.4 Å². The van der Waals surface area contributed by atoms with E-state index >= 15 is 0 Å². The zero-order valence-electron chi connectivity index (χ0n) is 12.0. The molecule has 0 aromatic heterocycles. The maximum Gasteiger partial charge on any atom is 0.408 e. The molecule has 2 unspecified atom stereocenters. The van der Waals surface area contributed by atoms with Gasteiger partial charge in [-0.1, -0.05) is 6.92 Å². The normalized spacial score (nSPS) is 34.3. The Hall–Kier alpha value is -1.26. The first-order chi connectivity index (χ1) is 8.62. The molecule has 2 N–H and O–H groups in total. The van der Waals surface area contributed by atoms with Gasteiger partial charge in [0, 0.05) is 5.54 Å². The van der Waals surface area contributed by atoms with E-state index in [9.17, 15) is 9.59 Å². The molecule has 0 aromatic rings. The summed E-state index contributed by atoms with van der Waals surface area (Å²) in [6.45, 7) is 7.25. The zero-order chi connectivity index (χ0) is 14.4. The van der Waals surface area contributed by atoms with Crippen LogP contribution in [-0.2, 0) is 9.53 Å². The Morgan fingerprint density at radius 3 is 2.37 bits per heavy atom. The number of nitrogens with one attached hydrogen (secondary N) is 1. The molecule has 0 aliphatic heterocycles. The number of ether oxygens (including phenoxy) is 1. The van der Waals surface area contributed by atoms with Crippen molar-refractivity contribution in [2.24, 2.45) is 17.8 Å². The average Bonchev–Trinajstić information content (AvgIpc) is 2.67. The first kappa shape index (κ1) is 14.2. The summed E-state index contributed by atoms with van der Waals surface area (Å²) in [6.07, 6.45) is 2.13. The third kappa shape index (κ3) is 2.85. The van der Waals surface area contributed by atoms with Gasteiger partial charge < -0.3 is 15.2 Å². The second-order valence-corrected chi connectivity index (χ2v) is 7.07. The highest BCUT2D eigenvalue weighted by Gasteiger charge is 2.59. The molecule has 3 aliphatic rings. The van der Waals surface area contributed by atoms with Crippen LogP contribution < -0.4 is 5.32 Å². The van der Waals surface area contributed by atoms with Gasteiger partial charge in [-0.25, -0.2) is 4.79 Å². The number of carbonyl (C=O) groups is 2. The standard InChI is InChI=1S/C14H23NO4/c1-8(11(16)17)10-7-14(5-9(10)6-14)15-12(18)19-13(2,3)4/h8-10H,5-7H2,1-4H3,(H,15,18)(H,16,17). The highest BCUT2D eigenvalue weighted by Crippen LogP contribution is 2.57. The van der Waals surface area contributed by atoms with Crippen LogP contribution in [0.15, 0.2) is 0 Å². The molecule has 2 atom stereocenters. The molecule has 5 heteroatoms. The highest BCUT2D eigenvalue weighted by atomic mass is 16.6. The summed E-state index contributed by atoms with van der Waals surface area (Å²) in [6, 6.07) is 0. The Morgan fingerprint density at radius 1 is 1.32 bits per heavy atom. The molecule has 0 heterocycles. The van der Waals surface area contributed by atoms with E-state index in [0.29, 0.717) is 5.92 Å². The molecule has 2 bridgehead atoms. The molecule has 0 radical (unpaired) electrons. The van der Waals surface area contributed by atoms with Crippen LogP contribution in [0.3, 0.4) is 0 Å². The van der Waals surface area contributed by atoms with Crippen LogP contribution >= 0.6 is 0 Å². The van der Waals surface area contributed by atoms with Gasteiger partial charge in [0.25, 0.3) is 0 Å². The van der Waals surface area contributed by atoms with Crippen LogP contribution in [0.4, 0.5) is 4.79 Å². The number of carboxylic acids is 1. The topological polar surface area (TPSA) is 75.6 Å². The molecule has 3 rings (SSSR count). The fourth-order valence-electron chi connectivity index (χ4n) is 3.47. The van der Waals surface area contributed by atoms with Crippen LogP contribution in [-0.4, -0.2) is 28.3 Å². The van der Waals surface area contributed by atoms with Gasteiger partial charge >= 0.3 is 12.1 Å². The maximum atomic E-state index is 11.8. The number of hydrogen-bond donors (Lipinski definition) is 2. The molecule has 0 spiro atoms. The number of aliphatic carboxylic acids is 1. The number of fused-ring (bicyclic) bond motifs is 1. The van der Waals surface area contributed by atoms with Crippen molar-refractivity contribution in [1.29, 1.82) is 0 Å². The minimum absolute atomic E-state index is 0.174. The Balaban J connectivity index is 1.91. The monoisotopic (exact) mass is 269 g/mol. The lowest BCUT2D eigenvalue weighted by molar-refractivity contribution is -0.143. The molecule has 0 aromatic carbocycles. The molecule has 0 saturated heterocycles. The smallest absolute Gasteiger partial charge is 0.408 e. The van der Waals surface area contributed by atoms with Crippen LogP contribution in [0, 0.1) is 17.8 Å². The number of amides is 1. The summed E-state index contributed by atoms with van der Waals surface area (Å²) in [4.78, 5) is 22.9. The van der Waals surface area contributed by atoms with Crippen LogP contribution in [0.5, 0.6) is 0 Å². The third-order valence-corrected chi connectivity index (χ3v) is 4.34. The molecule has 3 saturated carbocycles. The SMILES string of the molecule is CC(C(=O)O)C1CC2(NC(=O)OC(C)(C)C)CC1C2. The Kier molecular flexibility index (Phi) is 3.27. The van der Waals surface area contributed by atoms with Crippen molar-refractivity contribution >= 4 is 12.1 Å². The lowest BCUT2D eigenvalue weighted by Crippen LogP contribution is -2.53. The molecule has 3 fully saturated rings. The molecular weight excluding hydrogens is 246 g/mol. The van der Waals surface area contributed by atoms with Crippen molar-refractivity contribution < 1.29 is 19.4 Å². The lowest BCUT2D eigenvalue weighted by atomic mass is 9.75. The fourth-order valence-corrected chi connectivity index (χ4v) is 3.47. The first-order valence-electron chi connectivity index (χ1n) is 6.86. The second kappa shape index (κ2) is 4.39. The summed E-state index contributed by atoms with van der Waals surface area (Å²) in [5, 5.41) is 12.0. The Labute approximate surface area is 113 Å². The van der Waals surface area contributed by atoms with Crippen LogP contribution in [0.2, 0.25) is 0 Å². The average molecular weight is 269 g/mol. The van der Waals surface area contributed by atoms with Gasteiger partial charge in [0.2, 0.25) is 0 Å². The van der Waals surface area contributed by atoms with Gasteiger partial charge in [-0.2, -0.15) is 0 Å². The number of hydrogen-bond acceptors (Lipinski definition) is 3. The predicted octanol–water partition coefficient (Wildman–Crippen LogP) is 2.40. The summed E-state index contributed by atoms with van der Waals surface area (Å²) >= 11 is 0. The van der Waals surface area contributed by atoms with Gasteiger partial charge in [0.15, 0.2) is 0 Å². The molecular formula is C14H23NO4. The third-order valence-electron chi connectivity index (χ3n) is 4.34. The number of alkyl carbamates (subject to hydrolysis) is 1. The van der Waals surface area contributed by atoms with E-state index < -0.39 is 17.7 Å². The van der Waals surface area contributed by atoms with E-state index in [1.165, 1.54) is 0 Å². The zero-order valence-corrected chi connectivity index (χ0v) is 12.0. The van der Waals surface area contributed by atoms with Crippen molar-refractivity contribution in [2.45, 2.75) is 58.1 Å². The van der Waals surface area contributed by atoms with E-state index in [4.69, 9.17) is 9.84 Å². The van der Waals surface area contributed by atoms with Gasteiger partial charge in [0.1, 0.15) is 5.60 Å². The summed E-state index contributed by atoms with van der Waals surface area (Å²) < 4.78 is 5.27. The lowest BCUT2D eigenvalue weighted by Gasteiger charge is -2.39. The van der Waals surface area contributed by atoms with Gasteiger partial charge in [0.05, 0.1) is 5.92 Å². The summed E-state index contributed by atoms with van der Waals surface area (Å²) in [5.74, 6) is -0.478. The molecule has 19 heavy (non-hydrogen) atoms. The second-order valence-electron chi connectivity index (χ2n) is 7.07. The quantitative estimate of drug-likeness (QED) is 0.825. The van der Waals surface area contributed by atoms with Crippen molar-refractivity contribution in [3.63, 3.8) is 0 Å². The van der Waals surface area contributed by atoms with Crippen molar-refractivity contribution in [3.05, 3.63) is 0 Å². The van der Waals surface area contributed by atoms with Gasteiger partial charge in [-0.3, -0.25) is 4.79 Å². The minimum Gasteiger partial charge on any atom is -0.481 e. The summed E-state index contributed by atoms with van der Waals surface area (Å²) in [5.41, 5.74) is -0.725. The van der Waals surface area contributed by atoms with Gasteiger partial charge in [-0.05, 0) is 51.9 Å². The minimum atomic E-state index is -0.745. The molecule has 1 amide bonds. The van der Waals surface area contributed by atoms with Crippen molar-refractivity contribution in [2.75, 3.05) is 0 Å². The highest BCUT2D eigenvalue weighted by molar-refractivity contribution is 5.71. The van der Waals surface area contributed by atoms with Crippen molar-refractivity contribution in [3.8, 4) is 0 Å². The van der Waals surface area contributed by atoms with Crippen molar-refractivity contribution in [1.82, 2.24) is 5.32 Å². The van der Waals surface area contributed by atoms with E-state index in [1.807, 2.05) is 20.8 Å². The molecule has 108 valence electrons. The molecule has 5 nitrogen and oxygen atoms in total. The van der Waals surface area contributed by atoms with Gasteiger partial charge in [-0.15, -0.1) is 0 Å². The van der Waals surface area contributed by atoms with Crippen LogP contribution in [0.25, 0.3) is 0 Å². The Morgan fingerprint density at radius 2 is 1.89 bits per heavy atom. The molecule has 3 aliphatic carbocycles. The fraction of sp³-hybridized carbons (Fsp3) is 0.857. The number of carbonyl (C=O) groups excluding carboxylic acids is 1. The largest absolute Gasteiger partial charge is 0.481 e. The van der Waals surface area contributed by atoms with E-state index in [2.05, 4.69) is 5.32 Å².